The second-order valence-corrected chi connectivity index (χ2v) is 5.96. The molecule has 2 unspecified atom stereocenters. The number of aromatic nitrogens is 2. The van der Waals surface area contributed by atoms with E-state index >= 15 is 0 Å². The maximum absolute atomic E-state index is 12.0. The molecule has 0 fully saturated rings. The standard InChI is InChI=1S/C14H24ClN3O2/c1-6-9(2)14(4,20)8-16-12(19)7-11-10(3)17-18(5)13(11)15/h9,20H,6-8H2,1-5H3,(H,16,19). The summed E-state index contributed by atoms with van der Waals surface area (Å²) in [6, 6.07) is 0. The molecule has 2 atom stereocenters. The summed E-state index contributed by atoms with van der Waals surface area (Å²) < 4.78 is 1.55. The molecule has 0 radical (unpaired) electrons. The number of nitrogens with zero attached hydrogens (tertiary/aromatic N) is 2. The lowest BCUT2D eigenvalue weighted by Gasteiger charge is -2.29. The van der Waals surface area contributed by atoms with E-state index in [1.807, 2.05) is 20.8 Å². The minimum atomic E-state index is -0.905. The van der Waals surface area contributed by atoms with Gasteiger partial charge in [0.2, 0.25) is 5.91 Å². The Morgan fingerprint density at radius 1 is 1.60 bits per heavy atom. The molecule has 0 aliphatic heterocycles. The Morgan fingerprint density at radius 2 is 2.20 bits per heavy atom. The van der Waals surface area contributed by atoms with Crippen LogP contribution in [0.25, 0.3) is 0 Å². The summed E-state index contributed by atoms with van der Waals surface area (Å²) in [5, 5.41) is 17.7. The van der Waals surface area contributed by atoms with Crippen molar-refractivity contribution >= 4 is 17.5 Å². The van der Waals surface area contributed by atoms with Gasteiger partial charge in [-0.3, -0.25) is 9.48 Å². The fraction of sp³-hybridized carbons (Fsp3) is 0.714. The maximum atomic E-state index is 12.0. The molecule has 1 amide bonds. The van der Waals surface area contributed by atoms with Gasteiger partial charge >= 0.3 is 0 Å². The van der Waals surface area contributed by atoms with Crippen LogP contribution >= 0.6 is 11.6 Å². The highest BCUT2D eigenvalue weighted by Crippen LogP contribution is 2.20. The van der Waals surface area contributed by atoms with Crippen LogP contribution in [0.4, 0.5) is 0 Å². The number of aliphatic hydroxyl groups is 1. The van der Waals surface area contributed by atoms with Crippen LogP contribution in [0.2, 0.25) is 5.15 Å². The van der Waals surface area contributed by atoms with Crippen molar-refractivity contribution in [2.45, 2.75) is 46.1 Å². The van der Waals surface area contributed by atoms with Crippen LogP contribution in [-0.2, 0) is 18.3 Å². The van der Waals surface area contributed by atoms with Gasteiger partial charge < -0.3 is 10.4 Å². The zero-order valence-corrected chi connectivity index (χ0v) is 13.6. The van der Waals surface area contributed by atoms with Crippen molar-refractivity contribution in [1.82, 2.24) is 15.1 Å². The van der Waals surface area contributed by atoms with Gasteiger partial charge in [-0.15, -0.1) is 0 Å². The first-order chi connectivity index (χ1) is 9.19. The monoisotopic (exact) mass is 301 g/mol. The van der Waals surface area contributed by atoms with Gasteiger partial charge in [-0.2, -0.15) is 5.10 Å². The molecule has 0 saturated heterocycles. The highest BCUT2D eigenvalue weighted by atomic mass is 35.5. The lowest BCUT2D eigenvalue weighted by atomic mass is 9.88. The molecule has 0 bridgehead atoms. The third kappa shape index (κ3) is 3.96. The van der Waals surface area contributed by atoms with E-state index < -0.39 is 5.60 Å². The number of carbonyl (C=O) groups is 1. The molecule has 6 heteroatoms. The van der Waals surface area contributed by atoms with Crippen molar-refractivity contribution in [2.75, 3.05) is 6.54 Å². The fourth-order valence-corrected chi connectivity index (χ4v) is 2.23. The van der Waals surface area contributed by atoms with Crippen LogP contribution in [0, 0.1) is 12.8 Å². The number of hydrogen-bond acceptors (Lipinski definition) is 3. The van der Waals surface area contributed by atoms with Gasteiger partial charge in [-0.05, 0) is 19.8 Å². The molecule has 1 heterocycles. The Labute approximate surface area is 125 Å². The lowest BCUT2D eigenvalue weighted by molar-refractivity contribution is -0.122. The van der Waals surface area contributed by atoms with Crippen molar-refractivity contribution in [1.29, 1.82) is 0 Å². The molecule has 1 aromatic rings. The van der Waals surface area contributed by atoms with Crippen LogP contribution in [-0.4, -0.2) is 32.9 Å². The summed E-state index contributed by atoms with van der Waals surface area (Å²) in [5.74, 6) is -0.0434. The number of aryl methyl sites for hydroxylation is 2. The predicted octanol–water partition coefficient (Wildman–Crippen LogP) is 1.84. The Hall–Kier alpha value is -1.07. The number of nitrogens with one attached hydrogen (secondary N) is 1. The van der Waals surface area contributed by atoms with Crippen molar-refractivity contribution in [3.63, 3.8) is 0 Å². The fourth-order valence-electron chi connectivity index (χ4n) is 1.99. The average Bonchev–Trinajstić information content (AvgIpc) is 2.62. The van der Waals surface area contributed by atoms with Gasteiger partial charge in [0.05, 0.1) is 17.7 Å². The normalized spacial score (nSPS) is 15.8. The highest BCUT2D eigenvalue weighted by molar-refractivity contribution is 6.30. The molecule has 0 aliphatic rings. The molecule has 5 nitrogen and oxygen atoms in total. The quantitative estimate of drug-likeness (QED) is 0.842. The minimum Gasteiger partial charge on any atom is -0.388 e. The summed E-state index contributed by atoms with van der Waals surface area (Å²) in [6.07, 6.45) is 1.03. The molecule has 1 rings (SSSR count). The van der Waals surface area contributed by atoms with E-state index in [0.29, 0.717) is 5.15 Å². The van der Waals surface area contributed by atoms with E-state index in [-0.39, 0.29) is 24.8 Å². The van der Waals surface area contributed by atoms with Gasteiger partial charge in [-0.25, -0.2) is 0 Å². The minimum absolute atomic E-state index is 0.117. The second-order valence-electron chi connectivity index (χ2n) is 5.60. The number of halogens is 1. The largest absolute Gasteiger partial charge is 0.388 e. The Balaban J connectivity index is 2.61. The highest BCUT2D eigenvalue weighted by Gasteiger charge is 2.27. The van der Waals surface area contributed by atoms with E-state index in [0.717, 1.165) is 17.7 Å². The second kappa shape index (κ2) is 6.59. The molecule has 2 N–H and O–H groups in total. The van der Waals surface area contributed by atoms with Crippen LogP contribution in [0.3, 0.4) is 0 Å². The molecule has 0 aromatic carbocycles. The molecule has 0 saturated carbocycles. The summed E-state index contributed by atoms with van der Waals surface area (Å²) in [6.45, 7) is 7.78. The Bertz CT molecular complexity index is 483. The van der Waals surface area contributed by atoms with Crippen LogP contribution in [0.1, 0.15) is 38.4 Å². The number of rotatable bonds is 6. The molecule has 114 valence electrons. The smallest absolute Gasteiger partial charge is 0.224 e. The van der Waals surface area contributed by atoms with Gasteiger partial charge in [0.25, 0.3) is 0 Å². The molecule has 0 aliphatic carbocycles. The zero-order valence-electron chi connectivity index (χ0n) is 12.8. The molecular formula is C14H24ClN3O2. The topological polar surface area (TPSA) is 67.2 Å². The van der Waals surface area contributed by atoms with Gasteiger partial charge in [0, 0.05) is 19.2 Å². The lowest BCUT2D eigenvalue weighted by Crippen LogP contribution is -2.45. The van der Waals surface area contributed by atoms with Gasteiger partial charge in [-0.1, -0.05) is 31.9 Å². The number of hydrogen-bond donors (Lipinski definition) is 2. The van der Waals surface area contributed by atoms with E-state index in [4.69, 9.17) is 11.6 Å². The van der Waals surface area contributed by atoms with E-state index in [9.17, 15) is 9.90 Å². The Kier molecular flexibility index (Phi) is 5.59. The molecule has 20 heavy (non-hydrogen) atoms. The third-order valence-electron chi connectivity index (χ3n) is 3.92. The third-order valence-corrected chi connectivity index (χ3v) is 4.40. The molecule has 1 aromatic heterocycles. The summed E-state index contributed by atoms with van der Waals surface area (Å²) in [5.41, 5.74) is 0.578. The summed E-state index contributed by atoms with van der Waals surface area (Å²) in [4.78, 5) is 12.0. The average molecular weight is 302 g/mol. The Morgan fingerprint density at radius 3 is 2.65 bits per heavy atom. The predicted molar refractivity (Wildman–Crippen MR) is 79.7 cm³/mol. The summed E-state index contributed by atoms with van der Waals surface area (Å²) >= 11 is 6.09. The molecular weight excluding hydrogens is 278 g/mol. The van der Waals surface area contributed by atoms with Crippen LogP contribution < -0.4 is 5.32 Å². The number of amides is 1. The SMILES string of the molecule is CCC(C)C(C)(O)CNC(=O)Cc1c(C)nn(C)c1Cl. The van der Waals surface area contributed by atoms with Crippen molar-refractivity contribution < 1.29 is 9.90 Å². The van der Waals surface area contributed by atoms with Crippen molar-refractivity contribution in [3.8, 4) is 0 Å². The zero-order chi connectivity index (χ0) is 15.5. The van der Waals surface area contributed by atoms with E-state index in [1.54, 1.807) is 18.7 Å². The van der Waals surface area contributed by atoms with Crippen LogP contribution in [0.5, 0.6) is 0 Å². The van der Waals surface area contributed by atoms with E-state index in [2.05, 4.69) is 10.4 Å². The van der Waals surface area contributed by atoms with Crippen molar-refractivity contribution in [3.05, 3.63) is 16.4 Å². The first kappa shape index (κ1) is 17.0. The maximum Gasteiger partial charge on any atom is 0.224 e. The van der Waals surface area contributed by atoms with E-state index in [1.165, 1.54) is 0 Å². The van der Waals surface area contributed by atoms with Gasteiger partial charge in [0.1, 0.15) is 5.15 Å². The van der Waals surface area contributed by atoms with Crippen LogP contribution in [0.15, 0.2) is 0 Å². The first-order valence-corrected chi connectivity index (χ1v) is 7.23. The van der Waals surface area contributed by atoms with Crippen molar-refractivity contribution in [2.24, 2.45) is 13.0 Å². The van der Waals surface area contributed by atoms with Gasteiger partial charge in [0.15, 0.2) is 0 Å². The summed E-state index contributed by atoms with van der Waals surface area (Å²) in [7, 11) is 1.74. The molecule has 0 spiro atoms. The first-order valence-electron chi connectivity index (χ1n) is 6.86. The number of carbonyl (C=O) groups excluding carboxylic acids is 1.